The number of nitrogens with one attached hydrogen (secondary N) is 1. The molecule has 2 N–H and O–H groups in total. The molecule has 112 valence electrons. The maximum absolute atomic E-state index is 9.19. The molecule has 1 aliphatic heterocycles. The van der Waals surface area contributed by atoms with Crippen LogP contribution in [0.4, 0.5) is 5.69 Å². The van der Waals surface area contributed by atoms with Crippen molar-refractivity contribution in [1.29, 1.82) is 0 Å². The molecule has 0 unspecified atom stereocenters. The molecule has 3 heterocycles. The van der Waals surface area contributed by atoms with E-state index in [0.29, 0.717) is 11.2 Å². The van der Waals surface area contributed by atoms with E-state index in [1.54, 1.807) is 6.33 Å². The van der Waals surface area contributed by atoms with E-state index in [1.165, 1.54) is 12.8 Å². The number of anilines is 1. The first kappa shape index (κ1) is 13.3. The zero-order valence-electron chi connectivity index (χ0n) is 11.5. The molecule has 0 bridgehead atoms. The third-order valence-corrected chi connectivity index (χ3v) is 4.23. The van der Waals surface area contributed by atoms with Crippen LogP contribution in [-0.4, -0.2) is 38.4 Å². The maximum atomic E-state index is 9.19. The lowest BCUT2D eigenvalue weighted by Crippen LogP contribution is -2.14. The first-order chi connectivity index (χ1) is 10.2. The summed E-state index contributed by atoms with van der Waals surface area (Å²) in [6.45, 7) is 0.0474. The van der Waals surface area contributed by atoms with Crippen LogP contribution in [-0.2, 0) is 4.74 Å². The summed E-state index contributed by atoms with van der Waals surface area (Å²) in [4.78, 5) is 8.88. The quantitative estimate of drug-likeness (QED) is 0.848. The van der Waals surface area contributed by atoms with Crippen molar-refractivity contribution in [2.45, 2.75) is 44.1 Å². The summed E-state index contributed by atoms with van der Waals surface area (Å²) in [7, 11) is 0. The van der Waals surface area contributed by atoms with Gasteiger partial charge in [0.15, 0.2) is 5.65 Å². The fourth-order valence-electron chi connectivity index (χ4n) is 2.77. The van der Waals surface area contributed by atoms with E-state index in [0.717, 1.165) is 29.7 Å². The average molecular weight is 309 g/mol. The van der Waals surface area contributed by atoms with Crippen molar-refractivity contribution >= 4 is 28.5 Å². The van der Waals surface area contributed by atoms with E-state index in [4.69, 9.17) is 16.3 Å². The molecule has 1 saturated carbocycles. The Morgan fingerprint density at radius 3 is 2.95 bits per heavy atom. The summed E-state index contributed by atoms with van der Waals surface area (Å²) in [5.74, 6) is 0. The summed E-state index contributed by atoms with van der Waals surface area (Å²) < 4.78 is 7.72. The number of halogens is 1. The van der Waals surface area contributed by atoms with Crippen molar-refractivity contribution in [1.82, 2.24) is 14.5 Å². The smallest absolute Gasteiger partial charge is 0.165 e. The molecule has 2 fully saturated rings. The Bertz CT molecular complexity index is 670. The minimum Gasteiger partial charge on any atom is -0.394 e. The van der Waals surface area contributed by atoms with Crippen molar-refractivity contribution in [2.24, 2.45) is 0 Å². The lowest BCUT2D eigenvalue weighted by molar-refractivity contribution is -0.0207. The van der Waals surface area contributed by atoms with Crippen LogP contribution in [0.15, 0.2) is 12.4 Å². The molecule has 7 heteroatoms. The molecule has 2 aromatic heterocycles. The van der Waals surface area contributed by atoms with Gasteiger partial charge >= 0.3 is 0 Å². The Morgan fingerprint density at radius 1 is 1.38 bits per heavy atom. The zero-order valence-corrected chi connectivity index (χ0v) is 12.3. The van der Waals surface area contributed by atoms with E-state index in [-0.39, 0.29) is 18.9 Å². The summed E-state index contributed by atoms with van der Waals surface area (Å²) >= 11 is 6.15. The third-order valence-electron chi connectivity index (χ3n) is 4.03. The van der Waals surface area contributed by atoms with Gasteiger partial charge in [0, 0.05) is 12.1 Å². The van der Waals surface area contributed by atoms with E-state index in [2.05, 4.69) is 15.3 Å². The normalized spacial score (nSPS) is 25.6. The lowest BCUT2D eigenvalue weighted by Gasteiger charge is -2.14. The molecule has 21 heavy (non-hydrogen) atoms. The molecule has 0 amide bonds. The maximum Gasteiger partial charge on any atom is 0.165 e. The van der Waals surface area contributed by atoms with Gasteiger partial charge in [-0.25, -0.2) is 9.97 Å². The lowest BCUT2D eigenvalue weighted by atomic mass is 10.2. The highest BCUT2D eigenvalue weighted by Gasteiger charge is 2.28. The second-order valence-electron chi connectivity index (χ2n) is 5.71. The second-order valence-corrected chi connectivity index (χ2v) is 6.10. The predicted molar refractivity (Wildman–Crippen MR) is 79.4 cm³/mol. The number of aliphatic hydroxyl groups excluding tert-OH is 1. The highest BCUT2D eigenvalue weighted by molar-refractivity contribution is 6.30. The first-order valence-corrected chi connectivity index (χ1v) is 7.68. The van der Waals surface area contributed by atoms with Gasteiger partial charge in [-0.15, -0.1) is 0 Å². The fourth-order valence-corrected chi connectivity index (χ4v) is 2.96. The number of hydrogen-bond acceptors (Lipinski definition) is 5. The number of aromatic nitrogens is 3. The molecule has 0 spiro atoms. The van der Waals surface area contributed by atoms with E-state index < -0.39 is 0 Å². The van der Waals surface area contributed by atoms with Gasteiger partial charge < -0.3 is 15.2 Å². The molecule has 2 aromatic rings. The number of imidazole rings is 1. The van der Waals surface area contributed by atoms with Gasteiger partial charge in [-0.1, -0.05) is 11.6 Å². The van der Waals surface area contributed by atoms with Crippen LogP contribution in [0.5, 0.6) is 0 Å². The highest BCUT2D eigenvalue weighted by atomic mass is 35.5. The predicted octanol–water partition coefficient (Wildman–Crippen LogP) is 2.33. The van der Waals surface area contributed by atoms with Crippen molar-refractivity contribution in [2.75, 3.05) is 11.9 Å². The van der Waals surface area contributed by atoms with Crippen LogP contribution < -0.4 is 5.32 Å². The van der Waals surface area contributed by atoms with Gasteiger partial charge in [0.1, 0.15) is 16.9 Å². The number of aliphatic hydroxyl groups is 1. The Kier molecular flexibility index (Phi) is 3.24. The van der Waals surface area contributed by atoms with Crippen LogP contribution in [0.25, 0.3) is 11.2 Å². The number of nitrogens with zero attached hydrogens (tertiary/aromatic N) is 3. The number of fused-ring (bicyclic) bond motifs is 1. The van der Waals surface area contributed by atoms with Crippen LogP contribution in [0.2, 0.25) is 5.15 Å². The molecule has 1 aliphatic carbocycles. The zero-order chi connectivity index (χ0) is 14.4. The van der Waals surface area contributed by atoms with Crippen molar-refractivity contribution in [3.63, 3.8) is 0 Å². The monoisotopic (exact) mass is 308 g/mol. The Balaban J connectivity index is 1.71. The average Bonchev–Trinajstić information content (AvgIpc) is 3.01. The third kappa shape index (κ3) is 2.47. The van der Waals surface area contributed by atoms with E-state index >= 15 is 0 Å². The van der Waals surface area contributed by atoms with Crippen LogP contribution >= 0.6 is 11.6 Å². The van der Waals surface area contributed by atoms with Gasteiger partial charge in [-0.3, -0.25) is 4.57 Å². The summed E-state index contributed by atoms with van der Waals surface area (Å²) in [6, 6.07) is 2.35. The van der Waals surface area contributed by atoms with Crippen molar-refractivity contribution < 1.29 is 9.84 Å². The first-order valence-electron chi connectivity index (χ1n) is 7.30. The minimum atomic E-state index is -0.133. The number of rotatable bonds is 4. The Morgan fingerprint density at radius 2 is 2.24 bits per heavy atom. The molecule has 2 atom stereocenters. The number of ether oxygens (including phenoxy) is 1. The Labute approximate surface area is 127 Å². The summed E-state index contributed by atoms with van der Waals surface area (Å²) in [6.07, 6.45) is 5.57. The van der Waals surface area contributed by atoms with Crippen LogP contribution in [0.1, 0.15) is 31.9 Å². The molecule has 1 saturated heterocycles. The largest absolute Gasteiger partial charge is 0.394 e. The molecular weight excluding hydrogens is 292 g/mol. The molecule has 0 radical (unpaired) electrons. The van der Waals surface area contributed by atoms with Crippen LogP contribution in [0, 0.1) is 0 Å². The second kappa shape index (κ2) is 5.12. The van der Waals surface area contributed by atoms with E-state index in [1.807, 2.05) is 10.6 Å². The topological polar surface area (TPSA) is 72.2 Å². The van der Waals surface area contributed by atoms with Gasteiger partial charge in [0.25, 0.3) is 0 Å². The van der Waals surface area contributed by atoms with Gasteiger partial charge in [-0.05, 0) is 25.7 Å². The van der Waals surface area contributed by atoms with Crippen molar-refractivity contribution in [3.05, 3.63) is 17.5 Å². The molecule has 4 rings (SSSR count). The SMILES string of the molecule is OC[C@@H]1CC[C@H](n2cnc3c(NC4CC4)cc(Cl)nc32)O1. The Hall–Kier alpha value is -1.37. The minimum absolute atomic E-state index is 0.0474. The standard InChI is InChI=1S/C14H17ClN4O2/c15-11-5-10(17-8-1-2-8)13-14(18-11)19(7-16-13)12-4-3-9(6-20)21-12/h5,7-9,12,20H,1-4,6H2,(H,17,18)/t9-,12+/m0/s1. The molecular formula is C14H17ClN4O2. The van der Waals surface area contributed by atoms with Gasteiger partial charge in [-0.2, -0.15) is 0 Å². The van der Waals surface area contributed by atoms with Crippen LogP contribution in [0.3, 0.4) is 0 Å². The number of pyridine rings is 1. The molecule has 2 aliphatic rings. The summed E-state index contributed by atoms with van der Waals surface area (Å²) in [5, 5.41) is 13.1. The fraction of sp³-hybridized carbons (Fsp3) is 0.571. The highest BCUT2D eigenvalue weighted by Crippen LogP contribution is 2.34. The summed E-state index contributed by atoms with van der Waals surface area (Å²) in [5.41, 5.74) is 2.49. The van der Waals surface area contributed by atoms with Gasteiger partial charge in [0.2, 0.25) is 0 Å². The van der Waals surface area contributed by atoms with Gasteiger partial charge in [0.05, 0.1) is 24.7 Å². The molecule has 6 nitrogen and oxygen atoms in total. The van der Waals surface area contributed by atoms with Crippen molar-refractivity contribution in [3.8, 4) is 0 Å². The molecule has 0 aromatic carbocycles. The number of hydrogen-bond donors (Lipinski definition) is 2. The van der Waals surface area contributed by atoms with E-state index in [9.17, 15) is 5.11 Å².